The fraction of sp³-hybridized carbons (Fsp3) is 0.308. The van der Waals surface area contributed by atoms with E-state index in [4.69, 9.17) is 4.74 Å². The van der Waals surface area contributed by atoms with Crippen molar-refractivity contribution in [1.82, 2.24) is 15.1 Å². The Morgan fingerprint density at radius 3 is 2.83 bits per heavy atom. The van der Waals surface area contributed by atoms with E-state index in [1.807, 2.05) is 14.1 Å². The highest BCUT2D eigenvalue weighted by atomic mass is 19.1. The van der Waals surface area contributed by atoms with Gasteiger partial charge in [0.05, 0.1) is 19.0 Å². The van der Waals surface area contributed by atoms with E-state index in [0.29, 0.717) is 12.3 Å². The maximum absolute atomic E-state index is 13.4. The molecule has 0 aliphatic heterocycles. The topological polar surface area (TPSA) is 39.1 Å². The van der Waals surface area contributed by atoms with E-state index in [9.17, 15) is 4.39 Å². The maximum atomic E-state index is 13.4. The third-order valence-corrected chi connectivity index (χ3v) is 2.86. The van der Waals surface area contributed by atoms with E-state index in [-0.39, 0.29) is 5.82 Å². The summed E-state index contributed by atoms with van der Waals surface area (Å²) in [5, 5.41) is 7.29. The number of methoxy groups -OCH3 is 1. The van der Waals surface area contributed by atoms with E-state index >= 15 is 0 Å². The molecule has 18 heavy (non-hydrogen) atoms. The normalized spacial score (nSPS) is 10.7. The number of halogens is 1. The van der Waals surface area contributed by atoms with Gasteiger partial charge in [0, 0.05) is 24.7 Å². The molecule has 96 valence electrons. The molecule has 0 saturated carbocycles. The molecule has 5 heteroatoms. The highest BCUT2D eigenvalue weighted by Gasteiger charge is 2.14. The molecule has 1 aromatic heterocycles. The number of rotatable bonds is 4. The highest BCUT2D eigenvalue weighted by molar-refractivity contribution is 5.72. The van der Waals surface area contributed by atoms with Crippen LogP contribution in [-0.2, 0) is 13.6 Å². The van der Waals surface area contributed by atoms with Crippen LogP contribution in [0, 0.1) is 5.82 Å². The number of ether oxygens (including phenoxy) is 1. The second kappa shape index (κ2) is 5.18. The lowest BCUT2D eigenvalue weighted by Crippen LogP contribution is -2.10. The summed E-state index contributed by atoms with van der Waals surface area (Å²) in [5.41, 5.74) is 2.58. The van der Waals surface area contributed by atoms with Gasteiger partial charge in [-0.3, -0.25) is 4.68 Å². The van der Waals surface area contributed by atoms with Crippen molar-refractivity contribution in [2.45, 2.75) is 6.54 Å². The number of nitrogens with one attached hydrogen (secondary N) is 1. The molecule has 2 rings (SSSR count). The molecule has 2 aromatic rings. The lowest BCUT2D eigenvalue weighted by atomic mass is 10.0. The fourth-order valence-electron chi connectivity index (χ4n) is 1.96. The number of benzene rings is 1. The van der Waals surface area contributed by atoms with Crippen LogP contribution in [0.15, 0.2) is 24.4 Å². The zero-order valence-electron chi connectivity index (χ0n) is 10.7. The molecule has 0 amide bonds. The molecule has 1 aromatic carbocycles. The molecular formula is C13H16FN3O. The first-order valence-electron chi connectivity index (χ1n) is 5.66. The van der Waals surface area contributed by atoms with Gasteiger partial charge in [0.25, 0.3) is 0 Å². The Balaban J connectivity index is 2.57. The first-order valence-corrected chi connectivity index (χ1v) is 5.66. The van der Waals surface area contributed by atoms with Crippen LogP contribution in [0.1, 0.15) is 5.69 Å². The molecule has 0 spiro atoms. The molecule has 0 radical (unpaired) electrons. The lowest BCUT2D eigenvalue weighted by Gasteiger charge is -2.10. The summed E-state index contributed by atoms with van der Waals surface area (Å²) in [5.74, 6) is 0.354. The van der Waals surface area contributed by atoms with Gasteiger partial charge in [-0.1, -0.05) is 0 Å². The third kappa shape index (κ3) is 2.22. The Bertz CT molecular complexity index is 551. The minimum absolute atomic E-state index is 0.287. The van der Waals surface area contributed by atoms with Crippen LogP contribution in [0.4, 0.5) is 4.39 Å². The number of nitrogens with zero attached hydrogens (tertiary/aromatic N) is 2. The molecular weight excluding hydrogens is 233 g/mol. The largest absolute Gasteiger partial charge is 0.496 e. The van der Waals surface area contributed by atoms with Crippen molar-refractivity contribution >= 4 is 0 Å². The predicted octanol–water partition coefficient (Wildman–Crippen LogP) is 1.95. The third-order valence-electron chi connectivity index (χ3n) is 2.86. The van der Waals surface area contributed by atoms with Crippen LogP contribution in [0.2, 0.25) is 0 Å². The van der Waals surface area contributed by atoms with Gasteiger partial charge in [-0.2, -0.15) is 5.10 Å². The van der Waals surface area contributed by atoms with Gasteiger partial charge in [0.15, 0.2) is 0 Å². The Morgan fingerprint density at radius 1 is 1.39 bits per heavy atom. The smallest absolute Gasteiger partial charge is 0.127 e. The number of aromatic nitrogens is 2. The minimum Gasteiger partial charge on any atom is -0.496 e. The van der Waals surface area contributed by atoms with E-state index in [1.165, 1.54) is 12.1 Å². The summed E-state index contributed by atoms with van der Waals surface area (Å²) in [6.45, 7) is 0.658. The molecule has 0 aliphatic rings. The van der Waals surface area contributed by atoms with Gasteiger partial charge in [-0.25, -0.2) is 4.39 Å². The standard InChI is InChI=1S/C13H16FN3O/c1-15-8-12-11(7-16-17(12)2)10-6-9(14)4-5-13(10)18-3/h4-7,15H,8H2,1-3H3. The van der Waals surface area contributed by atoms with Crippen LogP contribution in [0.5, 0.6) is 5.75 Å². The van der Waals surface area contributed by atoms with Gasteiger partial charge < -0.3 is 10.1 Å². The maximum Gasteiger partial charge on any atom is 0.127 e. The number of hydrogen-bond donors (Lipinski definition) is 1. The van der Waals surface area contributed by atoms with Crippen molar-refractivity contribution in [3.63, 3.8) is 0 Å². The molecule has 1 N–H and O–H groups in total. The van der Waals surface area contributed by atoms with Crippen molar-refractivity contribution < 1.29 is 9.13 Å². The molecule has 0 saturated heterocycles. The van der Waals surface area contributed by atoms with Gasteiger partial charge >= 0.3 is 0 Å². The van der Waals surface area contributed by atoms with Gasteiger partial charge in [0.2, 0.25) is 0 Å². The first-order chi connectivity index (χ1) is 8.67. The Kier molecular flexibility index (Phi) is 3.62. The average Bonchev–Trinajstić information content (AvgIpc) is 2.72. The van der Waals surface area contributed by atoms with E-state index in [0.717, 1.165) is 16.8 Å². The molecule has 0 bridgehead atoms. The molecule has 0 atom stereocenters. The monoisotopic (exact) mass is 249 g/mol. The van der Waals surface area contributed by atoms with Crippen molar-refractivity contribution in [2.75, 3.05) is 14.2 Å². The predicted molar refractivity (Wildman–Crippen MR) is 67.9 cm³/mol. The molecule has 0 aliphatic carbocycles. The van der Waals surface area contributed by atoms with Crippen molar-refractivity contribution in [3.8, 4) is 16.9 Å². The average molecular weight is 249 g/mol. The van der Waals surface area contributed by atoms with Crippen LogP contribution < -0.4 is 10.1 Å². The highest BCUT2D eigenvalue weighted by Crippen LogP contribution is 2.32. The van der Waals surface area contributed by atoms with Crippen molar-refractivity contribution in [2.24, 2.45) is 7.05 Å². The number of hydrogen-bond acceptors (Lipinski definition) is 3. The summed E-state index contributed by atoms with van der Waals surface area (Å²) < 4.78 is 20.4. The molecule has 0 unspecified atom stereocenters. The van der Waals surface area contributed by atoms with Crippen LogP contribution >= 0.6 is 0 Å². The van der Waals surface area contributed by atoms with E-state index in [2.05, 4.69) is 10.4 Å². The van der Waals surface area contributed by atoms with Crippen molar-refractivity contribution in [1.29, 1.82) is 0 Å². The van der Waals surface area contributed by atoms with Gasteiger partial charge in [-0.05, 0) is 25.2 Å². The van der Waals surface area contributed by atoms with Gasteiger partial charge in [-0.15, -0.1) is 0 Å². The molecule has 4 nitrogen and oxygen atoms in total. The van der Waals surface area contributed by atoms with Crippen LogP contribution in [0.3, 0.4) is 0 Å². The quantitative estimate of drug-likeness (QED) is 0.900. The SMILES string of the molecule is CNCc1c(-c2cc(F)ccc2OC)cnn1C. The Labute approximate surface area is 105 Å². The Hall–Kier alpha value is -1.88. The zero-order valence-corrected chi connectivity index (χ0v) is 10.7. The minimum atomic E-state index is -0.287. The summed E-state index contributed by atoms with van der Waals surface area (Å²) in [7, 11) is 5.30. The summed E-state index contributed by atoms with van der Waals surface area (Å²) >= 11 is 0. The Morgan fingerprint density at radius 2 is 2.17 bits per heavy atom. The number of aryl methyl sites for hydroxylation is 1. The second-order valence-electron chi connectivity index (χ2n) is 4.00. The van der Waals surface area contributed by atoms with Crippen LogP contribution in [0.25, 0.3) is 11.1 Å². The van der Waals surface area contributed by atoms with Gasteiger partial charge in [0.1, 0.15) is 11.6 Å². The van der Waals surface area contributed by atoms with E-state index < -0.39 is 0 Å². The molecule has 1 heterocycles. The second-order valence-corrected chi connectivity index (χ2v) is 4.00. The fourth-order valence-corrected chi connectivity index (χ4v) is 1.96. The molecule has 0 fully saturated rings. The summed E-state index contributed by atoms with van der Waals surface area (Å²) in [6.07, 6.45) is 1.73. The van der Waals surface area contributed by atoms with Crippen molar-refractivity contribution in [3.05, 3.63) is 35.9 Å². The summed E-state index contributed by atoms with van der Waals surface area (Å²) in [6, 6.07) is 4.48. The van der Waals surface area contributed by atoms with E-state index in [1.54, 1.807) is 24.1 Å². The zero-order chi connectivity index (χ0) is 13.1. The first kappa shape index (κ1) is 12.6. The summed E-state index contributed by atoms with van der Waals surface area (Å²) in [4.78, 5) is 0. The van der Waals surface area contributed by atoms with Crippen LogP contribution in [-0.4, -0.2) is 23.9 Å². The lowest BCUT2D eigenvalue weighted by molar-refractivity contribution is 0.415.